The van der Waals surface area contributed by atoms with Crippen molar-refractivity contribution in [2.24, 2.45) is 10.9 Å². The number of aliphatic imine (C=N–C) groups is 1. The number of nitrogens with zero attached hydrogens (tertiary/aromatic N) is 3. The van der Waals surface area contributed by atoms with Gasteiger partial charge in [-0.05, 0) is 77.2 Å². The number of likely N-dealkylation sites (tertiary alicyclic amines) is 1. The van der Waals surface area contributed by atoms with Crippen molar-refractivity contribution in [3.8, 4) is 5.75 Å². The summed E-state index contributed by atoms with van der Waals surface area (Å²) in [6, 6.07) is 9.55. The Balaban J connectivity index is 0.00000480. The van der Waals surface area contributed by atoms with Crippen LogP contribution in [0.4, 0.5) is 0 Å². The van der Waals surface area contributed by atoms with Crippen LogP contribution >= 0.6 is 24.0 Å². The van der Waals surface area contributed by atoms with Gasteiger partial charge in [-0.25, -0.2) is 0 Å². The first-order chi connectivity index (χ1) is 14.4. The van der Waals surface area contributed by atoms with E-state index in [9.17, 15) is 0 Å². The highest BCUT2D eigenvalue weighted by atomic mass is 127. The summed E-state index contributed by atoms with van der Waals surface area (Å²) >= 11 is 0. The van der Waals surface area contributed by atoms with Crippen LogP contribution in [0.5, 0.6) is 5.75 Å². The predicted molar refractivity (Wildman–Crippen MR) is 143 cm³/mol. The Morgan fingerprint density at radius 3 is 2.23 bits per heavy atom. The molecule has 0 bridgehead atoms. The zero-order valence-corrected chi connectivity index (χ0v) is 22.7. The van der Waals surface area contributed by atoms with Crippen LogP contribution in [0.3, 0.4) is 0 Å². The van der Waals surface area contributed by atoms with Crippen molar-refractivity contribution in [1.82, 2.24) is 20.4 Å². The first-order valence-corrected chi connectivity index (χ1v) is 11.5. The number of hydrogen-bond donors (Lipinski definition) is 2. The van der Waals surface area contributed by atoms with Crippen LogP contribution in [0.25, 0.3) is 0 Å². The SMILES string of the molecule is CN=C(NCCN(C(C)C)C(C)C)NCC1CCN(Cc2ccc(OC)cc2)CC1.I. The van der Waals surface area contributed by atoms with E-state index >= 15 is 0 Å². The summed E-state index contributed by atoms with van der Waals surface area (Å²) < 4.78 is 5.25. The van der Waals surface area contributed by atoms with Crippen molar-refractivity contribution < 1.29 is 4.74 Å². The first-order valence-electron chi connectivity index (χ1n) is 11.5. The summed E-state index contributed by atoms with van der Waals surface area (Å²) in [5.74, 6) is 2.55. The predicted octanol–water partition coefficient (Wildman–Crippen LogP) is 3.81. The van der Waals surface area contributed by atoms with Crippen LogP contribution in [0.2, 0.25) is 0 Å². The lowest BCUT2D eigenvalue weighted by molar-refractivity contribution is 0.176. The average molecular weight is 546 g/mol. The molecule has 0 radical (unpaired) electrons. The van der Waals surface area contributed by atoms with Gasteiger partial charge in [0.2, 0.25) is 0 Å². The lowest BCUT2D eigenvalue weighted by Crippen LogP contribution is -2.46. The van der Waals surface area contributed by atoms with Gasteiger partial charge in [0.25, 0.3) is 0 Å². The van der Waals surface area contributed by atoms with E-state index in [1.165, 1.54) is 18.4 Å². The van der Waals surface area contributed by atoms with Gasteiger partial charge >= 0.3 is 0 Å². The van der Waals surface area contributed by atoms with Crippen LogP contribution in [0, 0.1) is 5.92 Å². The number of piperidine rings is 1. The second-order valence-corrected chi connectivity index (χ2v) is 8.87. The molecule has 7 heteroatoms. The van der Waals surface area contributed by atoms with E-state index in [0.717, 1.165) is 51.0 Å². The van der Waals surface area contributed by atoms with E-state index in [2.05, 4.69) is 65.3 Å². The molecule has 0 aliphatic carbocycles. The van der Waals surface area contributed by atoms with Crippen molar-refractivity contribution in [3.05, 3.63) is 29.8 Å². The zero-order chi connectivity index (χ0) is 21.9. The second-order valence-electron chi connectivity index (χ2n) is 8.87. The van der Waals surface area contributed by atoms with Gasteiger partial charge in [-0.2, -0.15) is 0 Å². The van der Waals surface area contributed by atoms with Gasteiger partial charge in [-0.1, -0.05) is 12.1 Å². The normalized spacial score (nSPS) is 16.0. The molecule has 0 unspecified atom stereocenters. The molecule has 2 N–H and O–H groups in total. The Bertz CT molecular complexity index is 619. The summed E-state index contributed by atoms with van der Waals surface area (Å²) in [4.78, 5) is 9.45. The molecule has 0 spiro atoms. The van der Waals surface area contributed by atoms with Crippen LogP contribution in [0.1, 0.15) is 46.1 Å². The molecule has 0 saturated carbocycles. The number of guanidine groups is 1. The molecule has 31 heavy (non-hydrogen) atoms. The third-order valence-corrected chi connectivity index (χ3v) is 6.04. The second kappa shape index (κ2) is 14.9. The van der Waals surface area contributed by atoms with Crippen LogP contribution < -0.4 is 15.4 Å². The van der Waals surface area contributed by atoms with E-state index in [0.29, 0.717) is 18.0 Å². The highest BCUT2D eigenvalue weighted by Crippen LogP contribution is 2.19. The number of halogens is 1. The topological polar surface area (TPSA) is 52.1 Å². The number of rotatable bonds is 10. The van der Waals surface area contributed by atoms with Gasteiger partial charge in [0.15, 0.2) is 5.96 Å². The maximum Gasteiger partial charge on any atom is 0.191 e. The monoisotopic (exact) mass is 545 g/mol. The number of ether oxygens (including phenoxy) is 1. The Morgan fingerprint density at radius 1 is 1.10 bits per heavy atom. The minimum atomic E-state index is 0. The van der Waals surface area contributed by atoms with Crippen LogP contribution in [0.15, 0.2) is 29.3 Å². The van der Waals surface area contributed by atoms with Crippen molar-refractivity contribution in [2.45, 2.75) is 59.2 Å². The number of methoxy groups -OCH3 is 1. The fourth-order valence-electron chi connectivity index (χ4n) is 4.22. The van der Waals surface area contributed by atoms with E-state index in [-0.39, 0.29) is 24.0 Å². The molecule has 1 aromatic rings. The third-order valence-electron chi connectivity index (χ3n) is 6.04. The summed E-state index contributed by atoms with van der Waals surface area (Å²) in [6.45, 7) is 15.3. The van der Waals surface area contributed by atoms with E-state index in [1.807, 2.05) is 19.2 Å². The van der Waals surface area contributed by atoms with Crippen LogP contribution in [-0.2, 0) is 6.54 Å². The molecular weight excluding hydrogens is 501 g/mol. The molecule has 1 aromatic carbocycles. The Kier molecular flexibility index (Phi) is 13.4. The number of benzene rings is 1. The van der Waals surface area contributed by atoms with Gasteiger partial charge in [0, 0.05) is 45.3 Å². The molecule has 1 fully saturated rings. The van der Waals surface area contributed by atoms with Gasteiger partial charge in [-0.3, -0.25) is 14.8 Å². The minimum absolute atomic E-state index is 0. The fraction of sp³-hybridized carbons (Fsp3) is 0.708. The fourth-order valence-corrected chi connectivity index (χ4v) is 4.22. The molecule has 0 aromatic heterocycles. The maximum absolute atomic E-state index is 5.25. The van der Waals surface area contributed by atoms with Crippen molar-refractivity contribution >= 4 is 29.9 Å². The average Bonchev–Trinajstić information content (AvgIpc) is 2.74. The maximum atomic E-state index is 5.25. The van der Waals surface area contributed by atoms with Crippen molar-refractivity contribution in [3.63, 3.8) is 0 Å². The van der Waals surface area contributed by atoms with Crippen LogP contribution in [-0.4, -0.2) is 74.7 Å². The Labute approximate surface area is 207 Å². The molecule has 178 valence electrons. The largest absolute Gasteiger partial charge is 0.497 e. The van der Waals surface area contributed by atoms with E-state index in [1.54, 1.807) is 7.11 Å². The molecule has 1 heterocycles. The molecule has 2 rings (SSSR count). The van der Waals surface area contributed by atoms with Gasteiger partial charge in [0.1, 0.15) is 5.75 Å². The third kappa shape index (κ3) is 9.95. The summed E-state index contributed by atoms with van der Waals surface area (Å²) in [5, 5.41) is 7.01. The molecule has 1 aliphatic rings. The molecule has 1 aliphatic heterocycles. The Hall–Kier alpha value is -1.06. The lowest BCUT2D eigenvalue weighted by atomic mass is 9.96. The molecule has 1 saturated heterocycles. The summed E-state index contributed by atoms with van der Waals surface area (Å²) in [6.07, 6.45) is 2.46. The first kappa shape index (κ1) is 28.0. The quantitative estimate of drug-likeness (QED) is 0.266. The molecule has 0 amide bonds. The van der Waals surface area contributed by atoms with E-state index < -0.39 is 0 Å². The smallest absolute Gasteiger partial charge is 0.191 e. The molecular formula is C24H44IN5O. The highest BCUT2D eigenvalue weighted by molar-refractivity contribution is 14.0. The molecule has 6 nitrogen and oxygen atoms in total. The Morgan fingerprint density at radius 2 is 1.71 bits per heavy atom. The number of hydrogen-bond acceptors (Lipinski definition) is 4. The standard InChI is InChI=1S/C24H43N5O.HI/c1-19(2)29(20(3)4)16-13-26-24(25-5)27-17-21-11-14-28(15-12-21)18-22-7-9-23(30-6)10-8-22;/h7-10,19-21H,11-18H2,1-6H3,(H2,25,26,27);1H. The van der Waals surface area contributed by atoms with Gasteiger partial charge < -0.3 is 15.4 Å². The van der Waals surface area contributed by atoms with Crippen molar-refractivity contribution in [2.75, 3.05) is 46.9 Å². The summed E-state index contributed by atoms with van der Waals surface area (Å²) in [7, 11) is 3.57. The van der Waals surface area contributed by atoms with Gasteiger partial charge in [-0.15, -0.1) is 24.0 Å². The highest BCUT2D eigenvalue weighted by Gasteiger charge is 2.19. The lowest BCUT2D eigenvalue weighted by Gasteiger charge is -2.32. The number of nitrogens with one attached hydrogen (secondary N) is 2. The van der Waals surface area contributed by atoms with Crippen molar-refractivity contribution in [1.29, 1.82) is 0 Å². The van der Waals surface area contributed by atoms with E-state index in [4.69, 9.17) is 4.74 Å². The minimum Gasteiger partial charge on any atom is -0.497 e. The summed E-state index contributed by atoms with van der Waals surface area (Å²) in [5.41, 5.74) is 1.36. The van der Waals surface area contributed by atoms with Gasteiger partial charge in [0.05, 0.1) is 7.11 Å². The zero-order valence-electron chi connectivity index (χ0n) is 20.4. The molecule has 0 atom stereocenters.